The SMILES string of the molecule is CCC[C@H](NC(=O)[C@H](CC(C)(C)C)NC(=O)c1cc[n+]([O-])cc1)C(=O)N[C@H](CN[C@@H](C)C(=O)NCc1ccc(N)cc1)Cc1ccccc1. The number of pyridine rings is 1. The molecule has 2 aromatic carbocycles. The molecule has 12 heteroatoms. The molecule has 4 atom stereocenters. The van der Waals surface area contributed by atoms with E-state index in [4.69, 9.17) is 5.73 Å². The highest BCUT2D eigenvalue weighted by Crippen LogP contribution is 2.21. The maximum Gasteiger partial charge on any atom is 0.252 e. The van der Waals surface area contributed by atoms with Crippen LogP contribution in [0.3, 0.4) is 0 Å². The van der Waals surface area contributed by atoms with Crippen molar-refractivity contribution in [1.82, 2.24) is 26.6 Å². The molecule has 0 saturated heterocycles. The van der Waals surface area contributed by atoms with Gasteiger partial charge in [-0.1, -0.05) is 76.6 Å². The Hall–Kier alpha value is -4.97. The number of carbonyl (C=O) groups excluding carboxylic acids is 4. The predicted octanol–water partition coefficient (Wildman–Crippen LogP) is 2.74. The standard InChI is InChI=1S/C37H51N7O5/c1-6-10-31(42-36(48)32(22-37(3,4)5)43-34(46)28-17-19-44(49)20-18-28)35(47)41-30(21-26-11-8-7-9-12-26)24-39-25(2)33(45)40-23-27-13-15-29(38)16-14-27/h7-9,11-20,25,30-32,39H,6,10,21-24,38H2,1-5H3,(H,40,45)(H,41,47)(H,42,48)(H,43,46)/t25-,30-,31-,32-/m0/s1. The molecular formula is C37H51N7O5. The molecule has 0 unspecified atom stereocenters. The molecular weight excluding hydrogens is 622 g/mol. The predicted molar refractivity (Wildman–Crippen MR) is 190 cm³/mol. The quantitative estimate of drug-likeness (QED) is 0.0724. The van der Waals surface area contributed by atoms with E-state index in [-0.39, 0.29) is 22.8 Å². The van der Waals surface area contributed by atoms with Gasteiger partial charge in [0.1, 0.15) is 12.1 Å². The van der Waals surface area contributed by atoms with Crippen LogP contribution in [0.2, 0.25) is 0 Å². The van der Waals surface area contributed by atoms with Gasteiger partial charge in [0.15, 0.2) is 12.4 Å². The number of nitrogens with one attached hydrogen (secondary N) is 5. The second kappa shape index (κ2) is 18.5. The molecule has 7 N–H and O–H groups in total. The third kappa shape index (κ3) is 13.6. The molecule has 1 heterocycles. The number of benzene rings is 2. The minimum atomic E-state index is -0.923. The largest absolute Gasteiger partial charge is 0.619 e. The van der Waals surface area contributed by atoms with Gasteiger partial charge in [-0.2, -0.15) is 4.73 Å². The monoisotopic (exact) mass is 673 g/mol. The van der Waals surface area contributed by atoms with Gasteiger partial charge < -0.3 is 37.5 Å². The summed E-state index contributed by atoms with van der Waals surface area (Å²) in [4.78, 5) is 53.3. The molecule has 0 aliphatic rings. The molecule has 0 aliphatic heterocycles. The van der Waals surface area contributed by atoms with Crippen molar-refractivity contribution < 1.29 is 23.9 Å². The smallest absolute Gasteiger partial charge is 0.252 e. The number of nitrogens with zero attached hydrogens (tertiary/aromatic N) is 1. The number of carbonyl (C=O) groups is 4. The number of nitrogens with two attached hydrogens (primary N) is 1. The van der Waals surface area contributed by atoms with E-state index in [0.717, 1.165) is 11.1 Å². The molecule has 3 aromatic rings. The topological polar surface area (TPSA) is 181 Å². The van der Waals surface area contributed by atoms with E-state index in [1.807, 2.05) is 70.2 Å². The first-order valence-electron chi connectivity index (χ1n) is 16.7. The van der Waals surface area contributed by atoms with Crippen molar-refractivity contribution in [3.05, 3.63) is 101 Å². The Kier molecular flexibility index (Phi) is 14.6. The summed E-state index contributed by atoms with van der Waals surface area (Å²) in [5.74, 6) is -1.52. The first kappa shape index (κ1) is 38.5. The molecule has 0 bridgehead atoms. The van der Waals surface area contributed by atoms with Crippen LogP contribution < -0.4 is 37.0 Å². The summed E-state index contributed by atoms with van der Waals surface area (Å²) < 4.78 is 0.573. The fraction of sp³-hybridized carbons (Fsp3) is 0.432. The average molecular weight is 674 g/mol. The summed E-state index contributed by atoms with van der Waals surface area (Å²) in [7, 11) is 0. The highest BCUT2D eigenvalue weighted by molar-refractivity contribution is 5.98. The zero-order chi connectivity index (χ0) is 36.0. The van der Waals surface area contributed by atoms with Gasteiger partial charge in [-0.3, -0.25) is 19.2 Å². The number of anilines is 1. The summed E-state index contributed by atoms with van der Waals surface area (Å²) in [6.07, 6.45) is 4.25. The lowest BCUT2D eigenvalue weighted by atomic mass is 9.87. The van der Waals surface area contributed by atoms with Gasteiger partial charge in [0.05, 0.1) is 11.6 Å². The van der Waals surface area contributed by atoms with E-state index in [9.17, 15) is 24.4 Å². The zero-order valence-corrected chi connectivity index (χ0v) is 29.1. The average Bonchev–Trinajstić information content (AvgIpc) is 3.06. The number of nitrogen functional groups attached to an aromatic ring is 1. The Balaban J connectivity index is 1.69. The van der Waals surface area contributed by atoms with Crippen LogP contribution in [0.4, 0.5) is 5.69 Å². The fourth-order valence-electron chi connectivity index (χ4n) is 5.22. The Morgan fingerprint density at radius 3 is 2.06 bits per heavy atom. The molecule has 4 amide bonds. The van der Waals surface area contributed by atoms with E-state index < -0.39 is 36.0 Å². The van der Waals surface area contributed by atoms with Crippen LogP contribution in [0.25, 0.3) is 0 Å². The second-order valence-electron chi connectivity index (χ2n) is 13.6. The first-order chi connectivity index (χ1) is 23.2. The van der Waals surface area contributed by atoms with E-state index in [1.165, 1.54) is 24.5 Å². The summed E-state index contributed by atoms with van der Waals surface area (Å²) in [6, 6.07) is 17.0. The molecule has 264 valence electrons. The van der Waals surface area contributed by atoms with Gasteiger partial charge in [-0.25, -0.2) is 0 Å². The molecule has 49 heavy (non-hydrogen) atoms. The third-order valence-electron chi connectivity index (χ3n) is 7.89. The Morgan fingerprint density at radius 1 is 0.816 bits per heavy atom. The van der Waals surface area contributed by atoms with E-state index in [2.05, 4.69) is 26.6 Å². The van der Waals surface area contributed by atoms with Gasteiger partial charge in [0, 0.05) is 37.0 Å². The second-order valence-corrected chi connectivity index (χ2v) is 13.6. The van der Waals surface area contributed by atoms with Crippen molar-refractivity contribution in [2.45, 2.75) is 91.0 Å². The maximum atomic E-state index is 13.8. The lowest BCUT2D eigenvalue weighted by Crippen LogP contribution is -2.57. The molecule has 0 radical (unpaired) electrons. The summed E-state index contributed by atoms with van der Waals surface area (Å²) >= 11 is 0. The molecule has 0 spiro atoms. The van der Waals surface area contributed by atoms with Gasteiger partial charge >= 0.3 is 0 Å². The van der Waals surface area contributed by atoms with Crippen LogP contribution in [-0.4, -0.2) is 54.3 Å². The van der Waals surface area contributed by atoms with E-state index >= 15 is 0 Å². The number of hydrogen-bond acceptors (Lipinski definition) is 7. The van der Waals surface area contributed by atoms with Crippen molar-refractivity contribution >= 4 is 29.3 Å². The lowest BCUT2D eigenvalue weighted by Gasteiger charge is -2.29. The molecule has 12 nitrogen and oxygen atoms in total. The molecule has 3 rings (SSSR count). The Labute approximate surface area is 289 Å². The van der Waals surface area contributed by atoms with Gasteiger partial charge in [-0.15, -0.1) is 0 Å². The Bertz CT molecular complexity index is 1510. The van der Waals surface area contributed by atoms with Crippen LogP contribution >= 0.6 is 0 Å². The van der Waals surface area contributed by atoms with Gasteiger partial charge in [0.25, 0.3) is 5.91 Å². The maximum absolute atomic E-state index is 13.8. The van der Waals surface area contributed by atoms with Crippen molar-refractivity contribution in [1.29, 1.82) is 0 Å². The number of rotatable bonds is 17. The van der Waals surface area contributed by atoms with E-state index in [1.54, 1.807) is 19.1 Å². The highest BCUT2D eigenvalue weighted by Gasteiger charge is 2.31. The summed E-state index contributed by atoms with van der Waals surface area (Å²) in [6.45, 7) is 10.2. The van der Waals surface area contributed by atoms with Crippen LogP contribution in [0, 0.1) is 10.6 Å². The normalized spacial score (nSPS) is 13.7. The van der Waals surface area contributed by atoms with E-state index in [0.29, 0.717) is 49.2 Å². The minimum absolute atomic E-state index is 0.188. The molecule has 1 aromatic heterocycles. The van der Waals surface area contributed by atoms with Gasteiger partial charge in [0.2, 0.25) is 17.7 Å². The van der Waals surface area contributed by atoms with Crippen molar-refractivity contribution in [3.8, 4) is 0 Å². The molecule has 0 saturated carbocycles. The van der Waals surface area contributed by atoms with Gasteiger partial charge in [-0.05, 0) is 54.9 Å². The van der Waals surface area contributed by atoms with Crippen LogP contribution in [0.1, 0.15) is 75.4 Å². The number of aromatic nitrogens is 1. The van der Waals surface area contributed by atoms with Crippen molar-refractivity contribution in [2.75, 3.05) is 12.3 Å². The highest BCUT2D eigenvalue weighted by atomic mass is 16.5. The van der Waals surface area contributed by atoms with Crippen molar-refractivity contribution in [3.63, 3.8) is 0 Å². The number of hydrogen-bond donors (Lipinski definition) is 6. The summed E-state index contributed by atoms with van der Waals surface area (Å²) in [5.41, 5.74) is 8.25. The third-order valence-corrected chi connectivity index (χ3v) is 7.89. The van der Waals surface area contributed by atoms with Crippen molar-refractivity contribution in [2.24, 2.45) is 5.41 Å². The zero-order valence-electron chi connectivity index (χ0n) is 29.1. The van der Waals surface area contributed by atoms with Crippen LogP contribution in [0.15, 0.2) is 79.1 Å². The first-order valence-corrected chi connectivity index (χ1v) is 16.7. The molecule has 0 aliphatic carbocycles. The minimum Gasteiger partial charge on any atom is -0.619 e. The Morgan fingerprint density at radius 2 is 1.45 bits per heavy atom. The lowest BCUT2D eigenvalue weighted by molar-refractivity contribution is -0.605. The molecule has 0 fully saturated rings. The fourth-order valence-corrected chi connectivity index (χ4v) is 5.22. The van der Waals surface area contributed by atoms with Crippen LogP contribution in [0.5, 0.6) is 0 Å². The van der Waals surface area contributed by atoms with Crippen LogP contribution in [-0.2, 0) is 27.3 Å². The number of amides is 4. The summed E-state index contributed by atoms with van der Waals surface area (Å²) in [5, 5.41) is 26.4.